The Morgan fingerprint density at radius 3 is 2.38 bits per heavy atom. The molecule has 1 fully saturated rings. The highest BCUT2D eigenvalue weighted by atomic mass is 35.5. The molecule has 4 heteroatoms. The van der Waals surface area contributed by atoms with E-state index < -0.39 is 0 Å². The molecular weight excluding hydrogens is 151 g/mol. The van der Waals surface area contributed by atoms with Crippen LogP contribution in [0.25, 0.3) is 0 Å². The highest BCUT2D eigenvalue weighted by Crippen LogP contribution is 2.28. The summed E-state index contributed by atoms with van der Waals surface area (Å²) in [5.41, 5.74) is -0.597. The van der Waals surface area contributed by atoms with Gasteiger partial charge in [0.1, 0.15) is 5.56 Å². The molecule has 3 unspecified atom stereocenters. The highest BCUT2D eigenvalue weighted by molar-refractivity contribution is 6.21. The Bertz CT molecular complexity index is 86.1. The molecule has 0 aromatic carbocycles. The van der Waals surface area contributed by atoms with Gasteiger partial charge in [0.25, 0.3) is 0 Å². The van der Waals surface area contributed by atoms with Crippen LogP contribution in [0.3, 0.4) is 0 Å². The van der Waals surface area contributed by atoms with Gasteiger partial charge in [0, 0.05) is 0 Å². The number of ether oxygens (including phenoxy) is 2. The predicted molar refractivity (Wildman–Crippen MR) is 30.9 cm³/mol. The van der Waals surface area contributed by atoms with Gasteiger partial charge in [-0.3, -0.25) is 0 Å². The van der Waals surface area contributed by atoms with Crippen LogP contribution in [-0.2, 0) is 9.47 Å². The van der Waals surface area contributed by atoms with E-state index in [0.717, 1.165) is 0 Å². The summed E-state index contributed by atoms with van der Waals surface area (Å²) in [4.78, 5) is 0. The maximum absolute atomic E-state index is 5.42. The average Bonchev–Trinajstić information content (AvgIpc) is 2.17. The van der Waals surface area contributed by atoms with Gasteiger partial charge in [0.15, 0.2) is 5.56 Å². The molecule has 0 spiro atoms. The lowest BCUT2D eigenvalue weighted by Crippen LogP contribution is -2.02. The summed E-state index contributed by atoms with van der Waals surface area (Å²) < 4.78 is 9.57. The largest absolute Gasteiger partial charge is 0.330 e. The highest BCUT2D eigenvalue weighted by Gasteiger charge is 2.39. The predicted octanol–water partition coefficient (Wildman–Crippen LogP) is 1.51. The van der Waals surface area contributed by atoms with E-state index in [1.807, 2.05) is 0 Å². The third-order valence-electron chi connectivity index (χ3n) is 0.723. The molecule has 0 aromatic rings. The standard InChI is InChI=1S/C4H6Cl2O2/c1-2(5)7-4-3(6)8-4/h2-4H,1H3. The molecule has 0 amide bonds. The third-order valence-corrected chi connectivity index (χ3v) is 1.13. The van der Waals surface area contributed by atoms with Gasteiger partial charge in [-0.05, 0) is 6.92 Å². The minimum absolute atomic E-state index is 0.274. The van der Waals surface area contributed by atoms with Crippen LogP contribution in [0.2, 0.25) is 0 Å². The molecule has 0 N–H and O–H groups in total. The van der Waals surface area contributed by atoms with Crippen LogP contribution in [0.5, 0.6) is 0 Å². The zero-order chi connectivity index (χ0) is 6.15. The average molecular weight is 157 g/mol. The molecule has 0 aromatic heterocycles. The number of halogens is 2. The van der Waals surface area contributed by atoms with Crippen LogP contribution >= 0.6 is 23.2 Å². The van der Waals surface area contributed by atoms with E-state index in [1.165, 1.54) is 0 Å². The molecule has 0 bridgehead atoms. The zero-order valence-corrected chi connectivity index (χ0v) is 5.82. The summed E-state index contributed by atoms with van der Waals surface area (Å²) in [5.74, 6) is 0. The molecule has 1 rings (SSSR count). The van der Waals surface area contributed by atoms with E-state index in [4.69, 9.17) is 27.9 Å². The molecule has 0 saturated carbocycles. The first-order chi connectivity index (χ1) is 3.70. The molecule has 1 aliphatic rings. The molecule has 8 heavy (non-hydrogen) atoms. The fourth-order valence-electron chi connectivity index (χ4n) is 0.361. The van der Waals surface area contributed by atoms with E-state index in [9.17, 15) is 0 Å². The van der Waals surface area contributed by atoms with Crippen LogP contribution in [0.1, 0.15) is 6.92 Å². The van der Waals surface area contributed by atoms with E-state index >= 15 is 0 Å². The van der Waals surface area contributed by atoms with Gasteiger partial charge < -0.3 is 9.47 Å². The maximum atomic E-state index is 5.42. The van der Waals surface area contributed by atoms with Gasteiger partial charge in [-0.1, -0.05) is 23.2 Å². The molecule has 48 valence electrons. The molecule has 1 heterocycles. The summed E-state index contributed by atoms with van der Waals surface area (Å²) in [6.07, 6.45) is -0.274. The Hall–Kier alpha value is 0.500. The fourth-order valence-corrected chi connectivity index (χ4v) is 0.624. The number of hydrogen-bond acceptors (Lipinski definition) is 2. The normalized spacial score (nSPS) is 39.4. The van der Waals surface area contributed by atoms with Crippen LogP contribution in [0.4, 0.5) is 0 Å². The minimum Gasteiger partial charge on any atom is -0.330 e. The van der Waals surface area contributed by atoms with Crippen molar-refractivity contribution in [3.05, 3.63) is 0 Å². The monoisotopic (exact) mass is 156 g/mol. The molecule has 0 radical (unpaired) electrons. The van der Waals surface area contributed by atoms with E-state index in [2.05, 4.69) is 4.74 Å². The van der Waals surface area contributed by atoms with Crippen molar-refractivity contribution in [2.24, 2.45) is 0 Å². The van der Waals surface area contributed by atoms with Crippen molar-refractivity contribution in [2.45, 2.75) is 24.3 Å². The van der Waals surface area contributed by atoms with Gasteiger partial charge in [-0.2, -0.15) is 0 Å². The third kappa shape index (κ3) is 1.78. The molecule has 3 atom stereocenters. The number of alkyl halides is 2. The van der Waals surface area contributed by atoms with Crippen LogP contribution < -0.4 is 0 Å². The lowest BCUT2D eigenvalue weighted by molar-refractivity contribution is 0.0381. The number of hydrogen-bond donors (Lipinski definition) is 0. The van der Waals surface area contributed by atoms with Crippen molar-refractivity contribution in [1.29, 1.82) is 0 Å². The second-order valence-corrected chi connectivity index (χ2v) is 2.58. The topological polar surface area (TPSA) is 21.8 Å². The van der Waals surface area contributed by atoms with Crippen molar-refractivity contribution in [3.63, 3.8) is 0 Å². The summed E-state index contributed by atoms with van der Waals surface area (Å²) in [7, 11) is 0. The lowest BCUT2D eigenvalue weighted by atomic mass is 10.8. The van der Waals surface area contributed by atoms with Crippen LogP contribution in [0.15, 0.2) is 0 Å². The van der Waals surface area contributed by atoms with Gasteiger partial charge >= 0.3 is 0 Å². The molecule has 0 aliphatic carbocycles. The van der Waals surface area contributed by atoms with Gasteiger partial charge in [0.2, 0.25) is 6.29 Å². The van der Waals surface area contributed by atoms with E-state index in [0.29, 0.717) is 0 Å². The lowest BCUT2D eigenvalue weighted by Gasteiger charge is -1.97. The quantitative estimate of drug-likeness (QED) is 0.447. The van der Waals surface area contributed by atoms with Crippen molar-refractivity contribution in [3.8, 4) is 0 Å². The van der Waals surface area contributed by atoms with Gasteiger partial charge in [0.05, 0.1) is 0 Å². The zero-order valence-electron chi connectivity index (χ0n) is 4.30. The Morgan fingerprint density at radius 2 is 2.25 bits per heavy atom. The Balaban J connectivity index is 2.05. The van der Waals surface area contributed by atoms with Gasteiger partial charge in [-0.15, -0.1) is 0 Å². The van der Waals surface area contributed by atoms with Crippen molar-refractivity contribution < 1.29 is 9.47 Å². The Kier molecular flexibility index (Phi) is 1.98. The first kappa shape index (κ1) is 6.62. The molecule has 1 saturated heterocycles. The van der Waals surface area contributed by atoms with Gasteiger partial charge in [-0.25, -0.2) is 0 Å². The van der Waals surface area contributed by atoms with Crippen molar-refractivity contribution in [2.75, 3.05) is 0 Å². The summed E-state index contributed by atoms with van der Waals surface area (Å²) in [6.45, 7) is 1.72. The summed E-state index contributed by atoms with van der Waals surface area (Å²) >= 11 is 10.8. The van der Waals surface area contributed by atoms with Crippen LogP contribution in [0, 0.1) is 0 Å². The van der Waals surface area contributed by atoms with E-state index in [1.54, 1.807) is 6.92 Å². The van der Waals surface area contributed by atoms with Crippen LogP contribution in [-0.4, -0.2) is 17.4 Å². The first-order valence-corrected chi connectivity index (χ1v) is 3.16. The van der Waals surface area contributed by atoms with Crippen molar-refractivity contribution >= 4 is 23.2 Å². The number of rotatable bonds is 2. The Labute approximate surface area is 57.7 Å². The molecule has 2 nitrogen and oxygen atoms in total. The first-order valence-electron chi connectivity index (χ1n) is 2.29. The summed E-state index contributed by atoms with van der Waals surface area (Å²) in [5, 5.41) is 0. The molecule has 1 aliphatic heterocycles. The summed E-state index contributed by atoms with van der Waals surface area (Å²) in [6, 6.07) is 0. The minimum atomic E-state index is -0.316. The fraction of sp³-hybridized carbons (Fsp3) is 1.00. The smallest absolute Gasteiger partial charge is 0.201 e. The SMILES string of the molecule is CC(Cl)OC1OC1Cl. The second-order valence-electron chi connectivity index (χ2n) is 1.53. The maximum Gasteiger partial charge on any atom is 0.201 e. The second kappa shape index (κ2) is 2.40. The molecular formula is C4H6Cl2O2. The number of epoxide rings is 1. The van der Waals surface area contributed by atoms with Crippen molar-refractivity contribution in [1.82, 2.24) is 0 Å². The van der Waals surface area contributed by atoms with E-state index in [-0.39, 0.29) is 17.4 Å². The Morgan fingerprint density at radius 1 is 1.75 bits per heavy atom.